The highest BCUT2D eigenvalue weighted by Crippen LogP contribution is 2.26. The van der Waals surface area contributed by atoms with E-state index >= 15 is 0 Å². The molecule has 0 radical (unpaired) electrons. The zero-order valence-electron chi connectivity index (χ0n) is 15.8. The van der Waals surface area contributed by atoms with E-state index in [1.54, 1.807) is 18.2 Å². The number of amides is 1. The maximum Gasteiger partial charge on any atom is 0.267 e. The fourth-order valence-corrected chi connectivity index (χ4v) is 2.79. The first-order valence-electron chi connectivity index (χ1n) is 9.07. The van der Waals surface area contributed by atoms with Crippen LogP contribution >= 0.6 is 0 Å². The quantitative estimate of drug-likeness (QED) is 0.451. The lowest BCUT2D eigenvalue weighted by Gasteiger charge is -2.10. The molecule has 0 aliphatic rings. The van der Waals surface area contributed by atoms with Gasteiger partial charge in [-0.25, -0.2) is 4.98 Å². The van der Waals surface area contributed by atoms with E-state index in [4.69, 9.17) is 16.2 Å². The number of ether oxygens (including phenoxy) is 1. The van der Waals surface area contributed by atoms with Gasteiger partial charge in [-0.2, -0.15) is 4.98 Å². The Labute approximate surface area is 172 Å². The van der Waals surface area contributed by atoms with Gasteiger partial charge in [0.25, 0.3) is 5.91 Å². The molecule has 0 aliphatic heterocycles. The molecule has 0 atom stereocenters. The van der Waals surface area contributed by atoms with Gasteiger partial charge in [-0.15, -0.1) is 0 Å². The summed E-state index contributed by atoms with van der Waals surface area (Å²) in [5.74, 6) is 1.21. The zero-order valence-corrected chi connectivity index (χ0v) is 15.8. The van der Waals surface area contributed by atoms with Crippen LogP contribution in [0.3, 0.4) is 0 Å². The van der Waals surface area contributed by atoms with Crippen LogP contribution in [0.1, 0.15) is 10.5 Å². The highest BCUT2D eigenvalue weighted by Gasteiger charge is 2.07. The van der Waals surface area contributed by atoms with E-state index in [9.17, 15) is 4.79 Å². The molecule has 2 heterocycles. The molecular weight excluding hydrogens is 380 g/mol. The number of nitrogen functional groups attached to an aromatic ring is 1. The molecule has 0 aliphatic carbocycles. The molecule has 8 nitrogen and oxygen atoms in total. The molecule has 0 fully saturated rings. The number of aromatic nitrogens is 3. The van der Waals surface area contributed by atoms with Crippen LogP contribution in [-0.4, -0.2) is 20.9 Å². The number of carbonyl (C=O) groups excluding carboxylic acids is 1. The van der Waals surface area contributed by atoms with Gasteiger partial charge in [0, 0.05) is 29.6 Å². The third-order valence-corrected chi connectivity index (χ3v) is 4.16. The number of rotatable bonds is 6. The van der Waals surface area contributed by atoms with E-state index in [0.29, 0.717) is 17.3 Å². The van der Waals surface area contributed by atoms with Crippen LogP contribution in [0.5, 0.6) is 11.5 Å². The Hall–Kier alpha value is -4.46. The molecule has 0 bridgehead atoms. The molecule has 0 unspecified atom stereocenters. The molecule has 148 valence electrons. The summed E-state index contributed by atoms with van der Waals surface area (Å²) in [5.41, 5.74) is 13.7. The number of primary amides is 1. The second kappa shape index (κ2) is 8.27. The third-order valence-electron chi connectivity index (χ3n) is 4.16. The van der Waals surface area contributed by atoms with E-state index < -0.39 is 5.91 Å². The van der Waals surface area contributed by atoms with Gasteiger partial charge in [0.1, 0.15) is 23.0 Å². The first-order chi connectivity index (χ1) is 14.6. The minimum absolute atomic E-state index is 0.140. The maximum absolute atomic E-state index is 11.2. The maximum atomic E-state index is 11.2. The number of pyridine rings is 1. The van der Waals surface area contributed by atoms with Crippen LogP contribution in [0.15, 0.2) is 79.0 Å². The van der Waals surface area contributed by atoms with E-state index in [0.717, 1.165) is 16.9 Å². The van der Waals surface area contributed by atoms with Crippen LogP contribution < -0.4 is 21.5 Å². The molecule has 0 saturated heterocycles. The van der Waals surface area contributed by atoms with Gasteiger partial charge in [-0.1, -0.05) is 30.3 Å². The van der Waals surface area contributed by atoms with Crippen molar-refractivity contribution in [3.8, 4) is 22.8 Å². The van der Waals surface area contributed by atoms with Crippen LogP contribution in [-0.2, 0) is 0 Å². The highest BCUT2D eigenvalue weighted by atomic mass is 16.5. The second-order valence-corrected chi connectivity index (χ2v) is 6.36. The molecule has 5 N–H and O–H groups in total. The molecule has 2 aromatic carbocycles. The highest BCUT2D eigenvalue weighted by molar-refractivity contribution is 5.91. The number of benzene rings is 2. The molecule has 0 spiro atoms. The largest absolute Gasteiger partial charge is 0.457 e. The summed E-state index contributed by atoms with van der Waals surface area (Å²) in [6.07, 6.45) is 1.47. The molecule has 1 amide bonds. The molecule has 4 rings (SSSR count). The molecular formula is C22H18N6O2. The van der Waals surface area contributed by atoms with Crippen molar-refractivity contribution in [2.75, 3.05) is 11.1 Å². The van der Waals surface area contributed by atoms with E-state index in [1.807, 2.05) is 48.5 Å². The Morgan fingerprint density at radius 2 is 1.67 bits per heavy atom. The number of carbonyl (C=O) groups is 1. The van der Waals surface area contributed by atoms with Crippen molar-refractivity contribution in [2.24, 2.45) is 5.73 Å². The minimum Gasteiger partial charge on any atom is -0.457 e. The van der Waals surface area contributed by atoms with Crippen molar-refractivity contribution in [2.45, 2.75) is 0 Å². The predicted octanol–water partition coefficient (Wildman–Crippen LogP) is 3.76. The zero-order chi connectivity index (χ0) is 20.9. The van der Waals surface area contributed by atoms with E-state index in [1.165, 1.54) is 12.3 Å². The fraction of sp³-hybridized carbons (Fsp3) is 0. The van der Waals surface area contributed by atoms with Crippen molar-refractivity contribution in [3.05, 3.63) is 84.7 Å². The van der Waals surface area contributed by atoms with Gasteiger partial charge in [0.15, 0.2) is 0 Å². The average Bonchev–Trinajstić information content (AvgIpc) is 2.75. The van der Waals surface area contributed by atoms with Crippen LogP contribution in [0.2, 0.25) is 0 Å². The normalized spacial score (nSPS) is 10.4. The fourth-order valence-electron chi connectivity index (χ4n) is 2.79. The van der Waals surface area contributed by atoms with Gasteiger partial charge in [-0.05, 0) is 30.3 Å². The summed E-state index contributed by atoms with van der Waals surface area (Å²) in [5, 5.41) is 3.21. The topological polar surface area (TPSA) is 129 Å². The van der Waals surface area contributed by atoms with Gasteiger partial charge in [0.2, 0.25) is 5.95 Å². The summed E-state index contributed by atoms with van der Waals surface area (Å²) >= 11 is 0. The lowest BCUT2D eigenvalue weighted by molar-refractivity contribution is 0.0995. The van der Waals surface area contributed by atoms with Crippen molar-refractivity contribution in [1.29, 1.82) is 0 Å². The average molecular weight is 398 g/mol. The van der Waals surface area contributed by atoms with Crippen LogP contribution in [0, 0.1) is 0 Å². The Morgan fingerprint density at radius 3 is 2.40 bits per heavy atom. The number of nitrogens with one attached hydrogen (secondary N) is 1. The molecule has 0 saturated carbocycles. The predicted molar refractivity (Wildman–Crippen MR) is 114 cm³/mol. The Bertz CT molecular complexity index is 1180. The third kappa shape index (κ3) is 4.50. The van der Waals surface area contributed by atoms with Crippen molar-refractivity contribution >= 4 is 23.4 Å². The van der Waals surface area contributed by atoms with E-state index in [2.05, 4.69) is 20.3 Å². The standard InChI is InChI=1S/C22H18N6O2/c23-21(29)19-12-17(10-11-25-19)30-16-8-6-15(7-9-16)26-20-13-18(27-22(24)28-20)14-4-2-1-3-5-14/h1-13H,(H2,23,29)(H3,24,26,27,28). The van der Waals surface area contributed by atoms with E-state index in [-0.39, 0.29) is 11.6 Å². The summed E-state index contributed by atoms with van der Waals surface area (Å²) in [7, 11) is 0. The summed E-state index contributed by atoms with van der Waals surface area (Å²) in [6, 6.07) is 22.0. The first kappa shape index (κ1) is 18.9. The number of hydrogen-bond donors (Lipinski definition) is 3. The van der Waals surface area contributed by atoms with Crippen molar-refractivity contribution in [1.82, 2.24) is 15.0 Å². The monoisotopic (exact) mass is 398 g/mol. The number of nitrogens with zero attached hydrogens (tertiary/aromatic N) is 3. The minimum atomic E-state index is -0.612. The summed E-state index contributed by atoms with van der Waals surface area (Å²) in [6.45, 7) is 0. The first-order valence-corrected chi connectivity index (χ1v) is 9.07. The van der Waals surface area contributed by atoms with Crippen molar-refractivity contribution < 1.29 is 9.53 Å². The SMILES string of the molecule is NC(=O)c1cc(Oc2ccc(Nc3cc(-c4ccccc4)nc(N)n3)cc2)ccn1. The van der Waals surface area contributed by atoms with Gasteiger partial charge >= 0.3 is 0 Å². The molecule has 8 heteroatoms. The number of nitrogens with two attached hydrogens (primary N) is 2. The lowest BCUT2D eigenvalue weighted by atomic mass is 10.1. The number of anilines is 3. The summed E-state index contributed by atoms with van der Waals surface area (Å²) in [4.78, 5) is 23.7. The smallest absolute Gasteiger partial charge is 0.267 e. The molecule has 4 aromatic rings. The van der Waals surface area contributed by atoms with Gasteiger partial charge < -0.3 is 21.5 Å². The van der Waals surface area contributed by atoms with Crippen molar-refractivity contribution in [3.63, 3.8) is 0 Å². The summed E-state index contributed by atoms with van der Waals surface area (Å²) < 4.78 is 5.75. The van der Waals surface area contributed by atoms with Crippen LogP contribution in [0.25, 0.3) is 11.3 Å². The van der Waals surface area contributed by atoms with Gasteiger partial charge in [0.05, 0.1) is 5.69 Å². The lowest BCUT2D eigenvalue weighted by Crippen LogP contribution is -2.12. The molecule has 2 aromatic heterocycles. The second-order valence-electron chi connectivity index (χ2n) is 6.36. The Morgan fingerprint density at radius 1 is 0.900 bits per heavy atom. The Balaban J connectivity index is 1.49. The Kier molecular flexibility index (Phi) is 5.21. The number of hydrogen-bond acceptors (Lipinski definition) is 7. The molecule has 30 heavy (non-hydrogen) atoms. The van der Waals surface area contributed by atoms with Gasteiger partial charge in [-0.3, -0.25) is 9.78 Å². The van der Waals surface area contributed by atoms with Crippen LogP contribution in [0.4, 0.5) is 17.5 Å².